The number of hydrogen-bond donors (Lipinski definition) is 1. The topological polar surface area (TPSA) is 77.8 Å². The van der Waals surface area contributed by atoms with Gasteiger partial charge in [-0.15, -0.1) is 5.10 Å². The summed E-state index contributed by atoms with van der Waals surface area (Å²) in [6.07, 6.45) is -0.477. The van der Waals surface area contributed by atoms with Gasteiger partial charge >= 0.3 is 6.09 Å². The molecule has 0 unspecified atom stereocenters. The maximum Gasteiger partial charge on any atom is 0.407 e. The number of benzene rings is 1. The standard InChI is InChI=1S/C17H18N4O3/c1-3-24-17(22)18-11-13-16(12-7-5-4-6-8-12)19-14-9-10-15(23-2)20-21(13)14/h4-10H,3,11H2,1-2H3,(H,18,22). The van der Waals surface area contributed by atoms with Crippen LogP contribution in [-0.4, -0.2) is 34.4 Å². The molecule has 0 aliphatic carbocycles. The Hall–Kier alpha value is -3.09. The summed E-state index contributed by atoms with van der Waals surface area (Å²) in [5.74, 6) is 0.469. The fraction of sp³-hybridized carbons (Fsp3) is 0.235. The highest BCUT2D eigenvalue weighted by Crippen LogP contribution is 2.24. The van der Waals surface area contributed by atoms with E-state index in [4.69, 9.17) is 9.47 Å². The number of ether oxygens (including phenoxy) is 2. The van der Waals surface area contributed by atoms with Gasteiger partial charge in [0.05, 0.1) is 31.6 Å². The Morgan fingerprint density at radius 1 is 1.21 bits per heavy atom. The summed E-state index contributed by atoms with van der Waals surface area (Å²) in [6, 6.07) is 13.3. The number of nitrogens with one attached hydrogen (secondary N) is 1. The molecule has 0 atom stereocenters. The van der Waals surface area contributed by atoms with Crippen LogP contribution in [-0.2, 0) is 11.3 Å². The number of alkyl carbamates (subject to hydrolysis) is 1. The second kappa shape index (κ2) is 6.99. The number of hydrogen-bond acceptors (Lipinski definition) is 5. The molecule has 7 heteroatoms. The summed E-state index contributed by atoms with van der Waals surface area (Å²) in [4.78, 5) is 16.3. The quantitative estimate of drug-likeness (QED) is 0.780. The highest BCUT2D eigenvalue weighted by molar-refractivity contribution is 5.69. The molecule has 1 N–H and O–H groups in total. The second-order valence-electron chi connectivity index (χ2n) is 4.99. The van der Waals surface area contributed by atoms with Crippen LogP contribution in [0.3, 0.4) is 0 Å². The lowest BCUT2D eigenvalue weighted by molar-refractivity contribution is 0.151. The maximum absolute atomic E-state index is 11.6. The largest absolute Gasteiger partial charge is 0.480 e. The van der Waals surface area contributed by atoms with Crippen LogP contribution in [0.5, 0.6) is 5.88 Å². The van der Waals surface area contributed by atoms with Crippen molar-refractivity contribution in [1.29, 1.82) is 0 Å². The average molecular weight is 326 g/mol. The van der Waals surface area contributed by atoms with Crippen LogP contribution in [0, 0.1) is 0 Å². The van der Waals surface area contributed by atoms with Crippen LogP contribution in [0.2, 0.25) is 0 Å². The van der Waals surface area contributed by atoms with Gasteiger partial charge in [-0.25, -0.2) is 14.3 Å². The number of rotatable bonds is 5. The zero-order valence-corrected chi connectivity index (χ0v) is 13.5. The zero-order chi connectivity index (χ0) is 16.9. The third-order valence-electron chi connectivity index (χ3n) is 3.48. The van der Waals surface area contributed by atoms with Crippen molar-refractivity contribution in [2.75, 3.05) is 13.7 Å². The average Bonchev–Trinajstić information content (AvgIpc) is 2.98. The van der Waals surface area contributed by atoms with Crippen molar-refractivity contribution >= 4 is 11.7 Å². The Balaban J connectivity index is 2.05. The number of amides is 1. The van der Waals surface area contributed by atoms with E-state index >= 15 is 0 Å². The van der Waals surface area contributed by atoms with Gasteiger partial charge in [0, 0.05) is 11.6 Å². The molecule has 3 rings (SSSR count). The first-order chi connectivity index (χ1) is 11.7. The molecule has 0 fully saturated rings. The zero-order valence-electron chi connectivity index (χ0n) is 13.5. The van der Waals surface area contributed by atoms with Gasteiger partial charge in [0.1, 0.15) is 0 Å². The minimum absolute atomic E-state index is 0.240. The molecule has 2 aromatic heterocycles. The number of carbonyl (C=O) groups excluding carboxylic acids is 1. The van der Waals surface area contributed by atoms with E-state index < -0.39 is 6.09 Å². The number of fused-ring (bicyclic) bond motifs is 1. The number of aromatic nitrogens is 3. The van der Waals surface area contributed by atoms with E-state index in [1.807, 2.05) is 36.4 Å². The second-order valence-corrected chi connectivity index (χ2v) is 4.99. The Morgan fingerprint density at radius 2 is 2.00 bits per heavy atom. The van der Waals surface area contributed by atoms with Crippen molar-refractivity contribution in [2.24, 2.45) is 0 Å². The Bertz CT molecular complexity index is 846. The first-order valence-electron chi connectivity index (χ1n) is 7.61. The molecule has 1 aromatic carbocycles. The summed E-state index contributed by atoms with van der Waals surface area (Å²) < 4.78 is 11.8. The lowest BCUT2D eigenvalue weighted by atomic mass is 10.1. The lowest BCUT2D eigenvalue weighted by Gasteiger charge is -2.07. The van der Waals surface area contributed by atoms with E-state index in [-0.39, 0.29) is 6.54 Å². The molecule has 0 bridgehead atoms. The highest BCUT2D eigenvalue weighted by Gasteiger charge is 2.16. The van der Waals surface area contributed by atoms with Gasteiger partial charge in [-0.3, -0.25) is 0 Å². The number of carbonyl (C=O) groups is 1. The van der Waals surface area contributed by atoms with Gasteiger partial charge in [-0.2, -0.15) is 0 Å². The summed E-state index contributed by atoms with van der Waals surface area (Å²) in [5.41, 5.74) is 3.13. The molecule has 0 aliphatic heterocycles. The lowest BCUT2D eigenvalue weighted by Crippen LogP contribution is -2.24. The molecule has 2 heterocycles. The number of methoxy groups -OCH3 is 1. The predicted octanol–water partition coefficient (Wildman–Crippen LogP) is 2.65. The molecule has 0 radical (unpaired) electrons. The maximum atomic E-state index is 11.6. The molecule has 0 saturated carbocycles. The van der Waals surface area contributed by atoms with Crippen molar-refractivity contribution < 1.29 is 14.3 Å². The van der Waals surface area contributed by atoms with Gasteiger partial charge in [0.2, 0.25) is 5.88 Å². The minimum Gasteiger partial charge on any atom is -0.480 e. The normalized spacial score (nSPS) is 10.6. The number of nitrogens with zero attached hydrogens (tertiary/aromatic N) is 3. The summed E-state index contributed by atoms with van der Waals surface area (Å²) in [6.45, 7) is 2.32. The first-order valence-corrected chi connectivity index (χ1v) is 7.61. The van der Waals surface area contributed by atoms with E-state index in [9.17, 15) is 4.79 Å². The third-order valence-corrected chi connectivity index (χ3v) is 3.48. The van der Waals surface area contributed by atoms with Crippen molar-refractivity contribution in [3.8, 4) is 17.1 Å². The molecule has 0 aliphatic rings. The van der Waals surface area contributed by atoms with Crippen LogP contribution in [0.4, 0.5) is 4.79 Å². The van der Waals surface area contributed by atoms with Crippen molar-refractivity contribution in [3.05, 3.63) is 48.2 Å². The third kappa shape index (κ3) is 3.15. The van der Waals surface area contributed by atoms with Gasteiger partial charge in [0.25, 0.3) is 0 Å². The Labute approximate surface area is 139 Å². The Morgan fingerprint density at radius 3 is 2.71 bits per heavy atom. The van der Waals surface area contributed by atoms with Crippen molar-refractivity contribution in [2.45, 2.75) is 13.5 Å². The Kier molecular flexibility index (Phi) is 4.60. The SMILES string of the molecule is CCOC(=O)NCc1c(-c2ccccc2)nc2ccc(OC)nn12. The van der Waals surface area contributed by atoms with E-state index in [0.717, 1.165) is 17.0 Å². The predicted molar refractivity (Wildman–Crippen MR) is 88.8 cm³/mol. The molecular weight excluding hydrogens is 308 g/mol. The van der Waals surface area contributed by atoms with Crippen LogP contribution in [0.1, 0.15) is 12.6 Å². The van der Waals surface area contributed by atoms with Crippen LogP contribution in [0.25, 0.3) is 16.9 Å². The van der Waals surface area contributed by atoms with Crippen LogP contribution in [0.15, 0.2) is 42.5 Å². The van der Waals surface area contributed by atoms with Crippen LogP contribution >= 0.6 is 0 Å². The fourth-order valence-electron chi connectivity index (χ4n) is 2.39. The summed E-state index contributed by atoms with van der Waals surface area (Å²) in [7, 11) is 1.56. The van der Waals surface area contributed by atoms with E-state index in [0.29, 0.717) is 18.1 Å². The molecular formula is C17H18N4O3. The van der Waals surface area contributed by atoms with Gasteiger partial charge in [-0.05, 0) is 13.0 Å². The van der Waals surface area contributed by atoms with Gasteiger partial charge < -0.3 is 14.8 Å². The molecule has 0 spiro atoms. The highest BCUT2D eigenvalue weighted by atomic mass is 16.5. The minimum atomic E-state index is -0.477. The fourth-order valence-corrected chi connectivity index (χ4v) is 2.39. The molecule has 24 heavy (non-hydrogen) atoms. The summed E-state index contributed by atoms with van der Waals surface area (Å²) >= 11 is 0. The van der Waals surface area contributed by atoms with E-state index in [2.05, 4.69) is 15.4 Å². The smallest absolute Gasteiger partial charge is 0.407 e. The molecule has 7 nitrogen and oxygen atoms in total. The molecule has 124 valence electrons. The van der Waals surface area contributed by atoms with Crippen molar-refractivity contribution in [1.82, 2.24) is 19.9 Å². The van der Waals surface area contributed by atoms with Crippen molar-refractivity contribution in [3.63, 3.8) is 0 Å². The van der Waals surface area contributed by atoms with Gasteiger partial charge in [0.15, 0.2) is 5.65 Å². The van der Waals surface area contributed by atoms with Gasteiger partial charge in [-0.1, -0.05) is 30.3 Å². The molecule has 3 aromatic rings. The van der Waals surface area contributed by atoms with E-state index in [1.54, 1.807) is 24.6 Å². The summed E-state index contributed by atoms with van der Waals surface area (Å²) in [5, 5.41) is 7.13. The first kappa shape index (κ1) is 15.8. The molecule has 1 amide bonds. The van der Waals surface area contributed by atoms with Crippen LogP contribution < -0.4 is 10.1 Å². The number of imidazole rings is 1. The van der Waals surface area contributed by atoms with E-state index in [1.165, 1.54) is 0 Å². The monoisotopic (exact) mass is 326 g/mol. The molecule has 0 saturated heterocycles.